The third-order valence-electron chi connectivity index (χ3n) is 5.18. The monoisotopic (exact) mass is 560 g/mol. The van der Waals surface area contributed by atoms with Gasteiger partial charge in [0.2, 0.25) is 5.91 Å². The predicted octanol–water partition coefficient (Wildman–Crippen LogP) is 8.08. The summed E-state index contributed by atoms with van der Waals surface area (Å²) in [5, 5.41) is 6.90. The molecule has 0 bridgehead atoms. The summed E-state index contributed by atoms with van der Waals surface area (Å²) in [7, 11) is 0. The Morgan fingerprint density at radius 1 is 0.788 bits per heavy atom. The van der Waals surface area contributed by atoms with Gasteiger partial charge in [-0.2, -0.15) is 0 Å². The highest BCUT2D eigenvalue weighted by atomic mass is 35.5. The average molecular weight is 563 g/mol. The molecule has 2 unspecified atom stereocenters. The Morgan fingerprint density at radius 2 is 1.45 bits per heavy atom. The molecule has 170 valence electrons. The van der Waals surface area contributed by atoms with Crippen molar-refractivity contribution in [1.82, 2.24) is 0 Å². The number of anilines is 2. The van der Waals surface area contributed by atoms with E-state index in [1.54, 1.807) is 54.6 Å². The minimum Gasteiger partial charge on any atom is -0.326 e. The van der Waals surface area contributed by atoms with Crippen LogP contribution in [0.25, 0.3) is 0 Å². The maximum Gasteiger partial charge on any atom is 0.257 e. The van der Waals surface area contributed by atoms with Gasteiger partial charge in [-0.05, 0) is 54.1 Å². The predicted molar refractivity (Wildman–Crippen MR) is 137 cm³/mol. The molecule has 0 spiro atoms. The first-order valence-corrected chi connectivity index (χ1v) is 11.8. The van der Waals surface area contributed by atoms with Gasteiger partial charge in [-0.1, -0.05) is 58.5 Å². The zero-order chi connectivity index (χ0) is 23.9. The van der Waals surface area contributed by atoms with Crippen LogP contribution < -0.4 is 10.6 Å². The van der Waals surface area contributed by atoms with Crippen molar-refractivity contribution in [2.45, 2.75) is 10.3 Å². The van der Waals surface area contributed by atoms with Gasteiger partial charge >= 0.3 is 0 Å². The van der Waals surface area contributed by atoms with Crippen LogP contribution in [0.15, 0.2) is 60.7 Å². The summed E-state index contributed by atoms with van der Waals surface area (Å²) in [5.41, 5.74) is 1.66. The lowest BCUT2D eigenvalue weighted by molar-refractivity contribution is -0.117. The van der Waals surface area contributed by atoms with E-state index in [9.17, 15) is 9.59 Å². The summed E-state index contributed by atoms with van der Waals surface area (Å²) in [6.07, 6.45) is 0. The highest BCUT2D eigenvalue weighted by Gasteiger charge is 2.67. The molecule has 0 aliphatic heterocycles. The molecule has 2 N–H and O–H groups in total. The normalized spacial score (nSPS) is 18.5. The van der Waals surface area contributed by atoms with Gasteiger partial charge in [-0.15, -0.1) is 23.2 Å². The molecule has 2 amide bonds. The zero-order valence-corrected chi connectivity index (χ0v) is 21.0. The minimum absolute atomic E-state index is 0.287. The molecule has 0 heterocycles. The van der Waals surface area contributed by atoms with Crippen LogP contribution in [0.3, 0.4) is 0 Å². The third-order valence-corrected chi connectivity index (χ3v) is 7.22. The summed E-state index contributed by atoms with van der Waals surface area (Å²) >= 11 is 37.3. The number of rotatable bonds is 5. The summed E-state index contributed by atoms with van der Waals surface area (Å²) in [4.78, 5) is 25.5. The van der Waals surface area contributed by atoms with Crippen molar-refractivity contribution in [2.24, 2.45) is 5.92 Å². The summed E-state index contributed by atoms with van der Waals surface area (Å²) in [5.74, 6) is -2.05. The average Bonchev–Trinajstić information content (AvgIpc) is 3.32. The van der Waals surface area contributed by atoms with Gasteiger partial charge in [-0.3, -0.25) is 9.59 Å². The Kier molecular flexibility index (Phi) is 7.07. The fraction of sp³-hybridized carbons (Fsp3) is 0.130. The number of nitrogens with one attached hydrogen (secondary N) is 2. The first kappa shape index (κ1) is 24.5. The molecule has 2 atom stereocenters. The van der Waals surface area contributed by atoms with Gasteiger partial charge in [0.15, 0.2) is 0 Å². The molecule has 33 heavy (non-hydrogen) atoms. The minimum atomic E-state index is -1.31. The fourth-order valence-electron chi connectivity index (χ4n) is 3.58. The van der Waals surface area contributed by atoms with E-state index in [4.69, 9.17) is 69.6 Å². The molecular weight excluding hydrogens is 549 g/mol. The molecule has 0 aromatic heterocycles. The van der Waals surface area contributed by atoms with Crippen molar-refractivity contribution in [3.8, 4) is 0 Å². The second-order valence-corrected chi connectivity index (χ2v) is 10.6. The Bertz CT molecular complexity index is 1240. The fourth-order valence-corrected chi connectivity index (χ4v) is 5.33. The molecule has 4 nitrogen and oxygen atoms in total. The summed E-state index contributed by atoms with van der Waals surface area (Å²) in [6, 6.07) is 16.2. The Hall–Kier alpha value is -1.66. The van der Waals surface area contributed by atoms with Crippen LogP contribution in [0.5, 0.6) is 0 Å². The lowest BCUT2D eigenvalue weighted by Crippen LogP contribution is -2.18. The number of carbonyl (C=O) groups is 2. The largest absolute Gasteiger partial charge is 0.326 e. The number of hydrogen-bond acceptors (Lipinski definition) is 2. The smallest absolute Gasteiger partial charge is 0.257 e. The molecule has 3 aromatic rings. The number of carbonyl (C=O) groups excluding carboxylic acids is 2. The van der Waals surface area contributed by atoms with E-state index >= 15 is 0 Å². The second kappa shape index (κ2) is 9.53. The molecule has 1 aliphatic rings. The Balaban J connectivity index is 1.51. The summed E-state index contributed by atoms with van der Waals surface area (Å²) in [6.45, 7) is 0. The van der Waals surface area contributed by atoms with Gasteiger partial charge < -0.3 is 10.6 Å². The van der Waals surface area contributed by atoms with E-state index < -0.39 is 28.0 Å². The third kappa shape index (κ3) is 5.22. The first-order chi connectivity index (χ1) is 15.6. The van der Waals surface area contributed by atoms with E-state index in [2.05, 4.69) is 10.6 Å². The van der Waals surface area contributed by atoms with E-state index in [0.29, 0.717) is 37.6 Å². The van der Waals surface area contributed by atoms with Gasteiger partial charge in [0, 0.05) is 21.7 Å². The summed E-state index contributed by atoms with van der Waals surface area (Å²) < 4.78 is -1.31. The van der Waals surface area contributed by atoms with Gasteiger partial charge in [0.1, 0.15) is 4.33 Å². The molecule has 1 aliphatic carbocycles. The molecular formula is C23H14Cl6N2O2. The number of halogens is 6. The molecule has 0 radical (unpaired) electrons. The Labute approximate surface area is 220 Å². The molecule has 1 fully saturated rings. The Morgan fingerprint density at radius 3 is 2.12 bits per heavy atom. The molecule has 0 saturated heterocycles. The standard InChI is InChI=1S/C23H14Cl6N2O2/c24-12-7-11(8-13(25)9-12)19-20(23(19,28)29)22(33)30-14-5-6-17(27)18(10-14)31-21(32)15-3-1-2-4-16(15)26/h1-10,19-20H,(H,30,33)(H,31,32). The van der Waals surface area contributed by atoms with Crippen LogP contribution in [0.1, 0.15) is 21.8 Å². The second-order valence-electron chi connectivity index (χ2n) is 7.45. The number of hydrogen-bond donors (Lipinski definition) is 2. The molecule has 4 rings (SSSR count). The van der Waals surface area contributed by atoms with Crippen LogP contribution in [0.2, 0.25) is 20.1 Å². The SMILES string of the molecule is O=C(Nc1cc(NC(=O)C2C(c3cc(Cl)cc(Cl)c3)C2(Cl)Cl)ccc1Cl)c1ccccc1Cl. The lowest BCUT2D eigenvalue weighted by atomic mass is 10.1. The van der Waals surface area contributed by atoms with Crippen LogP contribution in [0, 0.1) is 5.92 Å². The van der Waals surface area contributed by atoms with Gasteiger partial charge in [0.05, 0.1) is 27.2 Å². The highest BCUT2D eigenvalue weighted by Crippen LogP contribution is 2.65. The number of benzene rings is 3. The molecule has 10 heteroatoms. The van der Waals surface area contributed by atoms with E-state index in [1.807, 2.05) is 0 Å². The van der Waals surface area contributed by atoms with Crippen molar-refractivity contribution in [3.05, 3.63) is 91.9 Å². The zero-order valence-electron chi connectivity index (χ0n) is 16.5. The maximum absolute atomic E-state index is 12.9. The van der Waals surface area contributed by atoms with E-state index in [1.165, 1.54) is 6.07 Å². The van der Waals surface area contributed by atoms with Crippen molar-refractivity contribution < 1.29 is 9.59 Å². The first-order valence-electron chi connectivity index (χ1n) is 9.58. The van der Waals surface area contributed by atoms with Crippen molar-refractivity contribution in [2.75, 3.05) is 10.6 Å². The van der Waals surface area contributed by atoms with Crippen LogP contribution >= 0.6 is 69.6 Å². The molecule has 1 saturated carbocycles. The number of alkyl halides is 2. The van der Waals surface area contributed by atoms with Gasteiger partial charge in [-0.25, -0.2) is 0 Å². The van der Waals surface area contributed by atoms with Crippen molar-refractivity contribution in [1.29, 1.82) is 0 Å². The highest BCUT2D eigenvalue weighted by molar-refractivity contribution is 6.53. The maximum atomic E-state index is 12.9. The molecule has 3 aromatic carbocycles. The van der Waals surface area contributed by atoms with Crippen molar-refractivity contribution >= 4 is 92.8 Å². The van der Waals surface area contributed by atoms with Gasteiger partial charge in [0.25, 0.3) is 5.91 Å². The van der Waals surface area contributed by atoms with Crippen LogP contribution in [-0.2, 0) is 4.79 Å². The topological polar surface area (TPSA) is 58.2 Å². The van der Waals surface area contributed by atoms with Crippen LogP contribution in [-0.4, -0.2) is 16.1 Å². The van der Waals surface area contributed by atoms with E-state index in [0.717, 1.165) is 0 Å². The quantitative estimate of drug-likeness (QED) is 0.309. The lowest BCUT2D eigenvalue weighted by Gasteiger charge is -2.11. The van der Waals surface area contributed by atoms with E-state index in [-0.39, 0.29) is 5.02 Å². The number of amides is 2. The van der Waals surface area contributed by atoms with Crippen LogP contribution in [0.4, 0.5) is 11.4 Å². The van der Waals surface area contributed by atoms with Crippen molar-refractivity contribution in [3.63, 3.8) is 0 Å².